The van der Waals surface area contributed by atoms with Crippen LogP contribution in [0.25, 0.3) is 10.8 Å². The van der Waals surface area contributed by atoms with Gasteiger partial charge in [-0.05, 0) is 41.3 Å². The van der Waals surface area contributed by atoms with Gasteiger partial charge in [0.15, 0.2) is 23.0 Å². The van der Waals surface area contributed by atoms with Crippen molar-refractivity contribution in [3.05, 3.63) is 53.9 Å². The number of benzene rings is 2. The second-order valence-electron chi connectivity index (χ2n) is 6.56. The SMILES string of the molecule is COc1ccc([C@@H](NS(C)(=O)=O)c2nccc3cc(OC)c(OC)cc23)cc1OC. The van der Waals surface area contributed by atoms with Crippen molar-refractivity contribution in [2.75, 3.05) is 34.7 Å². The number of hydrogen-bond acceptors (Lipinski definition) is 7. The van der Waals surface area contributed by atoms with Crippen LogP contribution in [0.2, 0.25) is 0 Å². The molecule has 0 aliphatic heterocycles. The Balaban J connectivity index is 2.26. The third-order valence-electron chi connectivity index (χ3n) is 4.65. The van der Waals surface area contributed by atoms with Gasteiger partial charge in [-0.25, -0.2) is 13.1 Å². The molecule has 0 spiro atoms. The topological polar surface area (TPSA) is 96.0 Å². The number of rotatable bonds is 8. The molecular formula is C21H24N2O6S. The second kappa shape index (κ2) is 8.76. The lowest BCUT2D eigenvalue weighted by atomic mass is 9.98. The van der Waals surface area contributed by atoms with Gasteiger partial charge in [0.05, 0.1) is 46.4 Å². The molecule has 30 heavy (non-hydrogen) atoms. The molecule has 1 heterocycles. The van der Waals surface area contributed by atoms with Gasteiger partial charge in [0.1, 0.15) is 0 Å². The molecule has 1 atom stereocenters. The van der Waals surface area contributed by atoms with Gasteiger partial charge in [-0.3, -0.25) is 4.98 Å². The highest BCUT2D eigenvalue weighted by molar-refractivity contribution is 7.88. The van der Waals surface area contributed by atoms with Crippen molar-refractivity contribution in [2.24, 2.45) is 0 Å². The number of methoxy groups -OCH3 is 4. The molecule has 0 saturated heterocycles. The van der Waals surface area contributed by atoms with E-state index in [0.717, 1.165) is 17.0 Å². The van der Waals surface area contributed by atoms with Crippen LogP contribution < -0.4 is 23.7 Å². The molecule has 0 aliphatic rings. The zero-order valence-corrected chi connectivity index (χ0v) is 18.2. The molecule has 3 aromatic rings. The summed E-state index contributed by atoms with van der Waals surface area (Å²) in [6.07, 6.45) is 2.73. The van der Waals surface area contributed by atoms with E-state index in [9.17, 15) is 8.42 Å². The lowest BCUT2D eigenvalue weighted by molar-refractivity contribution is 0.354. The summed E-state index contributed by atoms with van der Waals surface area (Å²) in [7, 11) is 2.59. The second-order valence-corrected chi connectivity index (χ2v) is 8.34. The first-order valence-electron chi connectivity index (χ1n) is 9.01. The van der Waals surface area contributed by atoms with E-state index in [0.29, 0.717) is 34.3 Å². The minimum atomic E-state index is -3.57. The van der Waals surface area contributed by atoms with Gasteiger partial charge in [0.2, 0.25) is 10.0 Å². The van der Waals surface area contributed by atoms with Crippen LogP contribution in [-0.4, -0.2) is 48.1 Å². The number of aromatic nitrogens is 1. The normalized spacial score (nSPS) is 12.4. The molecule has 0 fully saturated rings. The maximum atomic E-state index is 12.2. The molecule has 1 N–H and O–H groups in total. The first kappa shape index (κ1) is 21.7. The zero-order valence-electron chi connectivity index (χ0n) is 17.4. The molecule has 0 bridgehead atoms. The van der Waals surface area contributed by atoms with E-state index >= 15 is 0 Å². The Kier molecular flexibility index (Phi) is 6.33. The van der Waals surface area contributed by atoms with Gasteiger partial charge in [0.25, 0.3) is 0 Å². The maximum absolute atomic E-state index is 12.2. The van der Waals surface area contributed by atoms with Crippen LogP contribution in [0.4, 0.5) is 0 Å². The summed E-state index contributed by atoms with van der Waals surface area (Å²) in [5.74, 6) is 2.11. The number of sulfonamides is 1. The molecule has 0 amide bonds. The van der Waals surface area contributed by atoms with Crippen molar-refractivity contribution in [1.82, 2.24) is 9.71 Å². The predicted molar refractivity (Wildman–Crippen MR) is 114 cm³/mol. The van der Waals surface area contributed by atoms with Crippen LogP contribution in [0.5, 0.6) is 23.0 Å². The fourth-order valence-corrected chi connectivity index (χ4v) is 3.96. The van der Waals surface area contributed by atoms with Gasteiger partial charge < -0.3 is 18.9 Å². The van der Waals surface area contributed by atoms with Crippen LogP contribution >= 0.6 is 0 Å². The molecule has 3 rings (SSSR count). The molecule has 0 radical (unpaired) electrons. The molecule has 0 unspecified atom stereocenters. The van der Waals surface area contributed by atoms with Gasteiger partial charge in [-0.1, -0.05) is 6.07 Å². The van der Waals surface area contributed by atoms with Gasteiger partial charge in [-0.2, -0.15) is 0 Å². The summed E-state index contributed by atoms with van der Waals surface area (Å²) in [5, 5.41) is 1.56. The maximum Gasteiger partial charge on any atom is 0.209 e. The Morgan fingerprint density at radius 3 is 2.03 bits per heavy atom. The monoisotopic (exact) mass is 432 g/mol. The first-order chi connectivity index (χ1) is 14.3. The molecule has 9 heteroatoms. The zero-order chi connectivity index (χ0) is 21.9. The molecule has 0 aliphatic carbocycles. The Bertz CT molecular complexity index is 1160. The van der Waals surface area contributed by atoms with Gasteiger partial charge in [-0.15, -0.1) is 0 Å². The van der Waals surface area contributed by atoms with Crippen molar-refractivity contribution in [2.45, 2.75) is 6.04 Å². The van der Waals surface area contributed by atoms with E-state index < -0.39 is 16.1 Å². The fourth-order valence-electron chi connectivity index (χ4n) is 3.28. The minimum Gasteiger partial charge on any atom is -0.493 e. The smallest absolute Gasteiger partial charge is 0.209 e. The van der Waals surface area contributed by atoms with Crippen LogP contribution in [0.1, 0.15) is 17.3 Å². The molecule has 8 nitrogen and oxygen atoms in total. The van der Waals surface area contributed by atoms with Crippen molar-refractivity contribution in [1.29, 1.82) is 0 Å². The Morgan fingerprint density at radius 2 is 1.43 bits per heavy atom. The summed E-state index contributed by atoms with van der Waals surface area (Å²) >= 11 is 0. The van der Waals surface area contributed by atoms with E-state index in [2.05, 4.69) is 9.71 Å². The molecule has 160 valence electrons. The highest BCUT2D eigenvalue weighted by Crippen LogP contribution is 2.37. The van der Waals surface area contributed by atoms with Crippen molar-refractivity contribution >= 4 is 20.8 Å². The summed E-state index contributed by atoms with van der Waals surface area (Å²) in [4.78, 5) is 4.50. The first-order valence-corrected chi connectivity index (χ1v) is 10.9. The standard InChI is InChI=1S/C21H24N2O6S/c1-26-16-7-6-14(11-17(16)27-2)20(23-30(5,24)25)21-15-12-19(29-4)18(28-3)10-13(15)8-9-22-21/h6-12,20,23H,1-5H3/t20-/m1/s1. The Morgan fingerprint density at radius 1 is 0.833 bits per heavy atom. The summed E-state index contributed by atoms with van der Waals surface area (Å²) in [5.41, 5.74) is 1.17. The third kappa shape index (κ3) is 4.42. The van der Waals surface area contributed by atoms with E-state index in [-0.39, 0.29) is 0 Å². The predicted octanol–water partition coefficient (Wildman–Crippen LogP) is 2.91. The largest absolute Gasteiger partial charge is 0.493 e. The average Bonchev–Trinajstić information content (AvgIpc) is 2.74. The van der Waals surface area contributed by atoms with E-state index in [1.54, 1.807) is 44.7 Å². The van der Waals surface area contributed by atoms with E-state index in [1.165, 1.54) is 14.2 Å². The van der Waals surface area contributed by atoms with Crippen molar-refractivity contribution in [3.63, 3.8) is 0 Å². The average molecular weight is 432 g/mol. The molecule has 0 saturated carbocycles. The summed E-state index contributed by atoms with van der Waals surface area (Å²) in [6, 6.07) is 9.89. The minimum absolute atomic E-state index is 0.481. The van der Waals surface area contributed by atoms with E-state index in [1.807, 2.05) is 12.1 Å². The number of fused-ring (bicyclic) bond motifs is 1. The molecular weight excluding hydrogens is 408 g/mol. The van der Waals surface area contributed by atoms with Gasteiger partial charge in [0, 0.05) is 11.6 Å². The fraction of sp³-hybridized carbons (Fsp3) is 0.286. The molecule has 1 aromatic heterocycles. The van der Waals surface area contributed by atoms with Gasteiger partial charge >= 0.3 is 0 Å². The lowest BCUT2D eigenvalue weighted by Crippen LogP contribution is -2.29. The number of nitrogens with zero attached hydrogens (tertiary/aromatic N) is 1. The van der Waals surface area contributed by atoms with Crippen molar-refractivity contribution in [3.8, 4) is 23.0 Å². The Labute approximate surface area is 175 Å². The van der Waals surface area contributed by atoms with E-state index in [4.69, 9.17) is 18.9 Å². The Hall–Kier alpha value is -3.04. The number of pyridine rings is 1. The number of hydrogen-bond donors (Lipinski definition) is 1. The quantitative estimate of drug-likeness (QED) is 0.585. The van der Waals surface area contributed by atoms with Crippen molar-refractivity contribution < 1.29 is 27.4 Å². The number of ether oxygens (including phenoxy) is 4. The lowest BCUT2D eigenvalue weighted by Gasteiger charge is -2.21. The highest BCUT2D eigenvalue weighted by atomic mass is 32.2. The number of nitrogens with one attached hydrogen (secondary N) is 1. The third-order valence-corrected chi connectivity index (χ3v) is 5.31. The van der Waals surface area contributed by atoms with Crippen LogP contribution in [-0.2, 0) is 10.0 Å². The molecule has 2 aromatic carbocycles. The van der Waals surface area contributed by atoms with Crippen LogP contribution in [0.15, 0.2) is 42.6 Å². The van der Waals surface area contributed by atoms with Crippen LogP contribution in [0.3, 0.4) is 0 Å². The highest BCUT2D eigenvalue weighted by Gasteiger charge is 2.24. The summed E-state index contributed by atoms with van der Waals surface area (Å²) < 4.78 is 48.5. The summed E-state index contributed by atoms with van der Waals surface area (Å²) in [6.45, 7) is 0. The van der Waals surface area contributed by atoms with Crippen LogP contribution in [0, 0.1) is 0 Å².